The number of thiophene rings is 1. The monoisotopic (exact) mass is 324 g/mol. The maximum absolute atomic E-state index is 11.0. The van der Waals surface area contributed by atoms with Gasteiger partial charge in [-0.05, 0) is 44.2 Å². The van der Waals surface area contributed by atoms with E-state index in [1.807, 2.05) is 11.3 Å². The molecule has 0 spiro atoms. The minimum absolute atomic E-state index is 0.0787. The van der Waals surface area contributed by atoms with Crippen molar-refractivity contribution in [1.29, 1.82) is 0 Å². The van der Waals surface area contributed by atoms with E-state index in [1.54, 1.807) is 9.75 Å². The Bertz CT molecular complexity index is 398. The van der Waals surface area contributed by atoms with Crippen LogP contribution < -0.4 is 0 Å². The van der Waals surface area contributed by atoms with Gasteiger partial charge in [0.05, 0.1) is 7.11 Å². The lowest BCUT2D eigenvalue weighted by Gasteiger charge is -2.01. The van der Waals surface area contributed by atoms with Crippen molar-refractivity contribution in [3.05, 3.63) is 21.9 Å². The summed E-state index contributed by atoms with van der Waals surface area (Å²) in [4.78, 5) is 14.1. The summed E-state index contributed by atoms with van der Waals surface area (Å²) in [6, 6.07) is 4.64. The van der Waals surface area contributed by atoms with Crippen LogP contribution in [0.3, 0.4) is 0 Å². The van der Waals surface area contributed by atoms with Gasteiger partial charge in [0, 0.05) is 16.2 Å². The molecule has 1 heterocycles. The lowest BCUT2D eigenvalue weighted by atomic mass is 10.1. The van der Waals surface area contributed by atoms with Crippen LogP contribution in [0.15, 0.2) is 12.1 Å². The molecule has 0 amide bonds. The number of carbonyl (C=O) groups is 1. The fraction of sp³-hybridized carbons (Fsp3) is 0.737. The number of methoxy groups -OCH3 is 1. The average Bonchev–Trinajstić information content (AvgIpc) is 2.98. The van der Waals surface area contributed by atoms with Crippen molar-refractivity contribution in [3.8, 4) is 0 Å². The molecule has 3 heteroatoms. The van der Waals surface area contributed by atoms with Crippen LogP contribution in [0, 0.1) is 0 Å². The summed E-state index contributed by atoms with van der Waals surface area (Å²) in [7, 11) is 1.46. The lowest BCUT2D eigenvalue weighted by Crippen LogP contribution is -1.99. The number of aryl methyl sites for hydroxylation is 2. The first-order valence-corrected chi connectivity index (χ1v) is 9.72. The molecule has 0 aliphatic heterocycles. The molecule has 0 saturated heterocycles. The van der Waals surface area contributed by atoms with Crippen LogP contribution in [0.2, 0.25) is 0 Å². The Labute approximate surface area is 140 Å². The first-order valence-electron chi connectivity index (χ1n) is 8.90. The first kappa shape index (κ1) is 19.2. The second-order valence-corrected chi connectivity index (χ2v) is 7.28. The van der Waals surface area contributed by atoms with Crippen molar-refractivity contribution in [1.82, 2.24) is 0 Å². The Morgan fingerprint density at radius 2 is 1.45 bits per heavy atom. The molecule has 126 valence electrons. The Morgan fingerprint density at radius 1 is 0.909 bits per heavy atom. The van der Waals surface area contributed by atoms with Crippen LogP contribution in [-0.4, -0.2) is 13.1 Å². The summed E-state index contributed by atoms with van der Waals surface area (Å²) in [6.07, 6.45) is 14.3. The van der Waals surface area contributed by atoms with Gasteiger partial charge < -0.3 is 4.74 Å². The van der Waals surface area contributed by atoms with Crippen molar-refractivity contribution in [2.75, 3.05) is 7.11 Å². The average molecular weight is 325 g/mol. The summed E-state index contributed by atoms with van der Waals surface area (Å²) in [5.74, 6) is -0.0787. The maximum Gasteiger partial charge on any atom is 0.305 e. The van der Waals surface area contributed by atoms with Crippen molar-refractivity contribution < 1.29 is 9.53 Å². The van der Waals surface area contributed by atoms with Crippen molar-refractivity contribution in [2.45, 2.75) is 84.0 Å². The largest absolute Gasteiger partial charge is 0.469 e. The third kappa shape index (κ3) is 9.24. The second kappa shape index (κ2) is 12.7. The molecule has 1 rings (SSSR count). The van der Waals surface area contributed by atoms with Crippen molar-refractivity contribution in [2.24, 2.45) is 0 Å². The fourth-order valence-corrected chi connectivity index (χ4v) is 3.72. The molecule has 0 aliphatic rings. The summed E-state index contributed by atoms with van der Waals surface area (Å²) in [5.41, 5.74) is 0. The molecule has 1 aromatic rings. The fourth-order valence-electron chi connectivity index (χ4n) is 2.62. The van der Waals surface area contributed by atoms with E-state index in [9.17, 15) is 4.79 Å². The number of rotatable bonds is 13. The Kier molecular flexibility index (Phi) is 11.1. The highest BCUT2D eigenvalue weighted by Crippen LogP contribution is 2.21. The summed E-state index contributed by atoms with van der Waals surface area (Å²) < 4.78 is 4.64. The van der Waals surface area contributed by atoms with Crippen molar-refractivity contribution in [3.63, 3.8) is 0 Å². The SMILES string of the molecule is CCCCCCc1ccc(CCCCCCCC(=O)OC)s1. The molecule has 0 saturated carbocycles. The van der Waals surface area contributed by atoms with Crippen LogP contribution in [0.4, 0.5) is 0 Å². The third-order valence-electron chi connectivity index (χ3n) is 4.03. The number of hydrogen-bond acceptors (Lipinski definition) is 3. The van der Waals surface area contributed by atoms with E-state index in [-0.39, 0.29) is 5.97 Å². The zero-order valence-corrected chi connectivity index (χ0v) is 15.2. The topological polar surface area (TPSA) is 26.3 Å². The number of ether oxygens (including phenoxy) is 1. The summed E-state index contributed by atoms with van der Waals surface area (Å²) in [5, 5.41) is 0. The highest BCUT2D eigenvalue weighted by atomic mass is 32.1. The predicted molar refractivity (Wildman–Crippen MR) is 95.6 cm³/mol. The van der Waals surface area contributed by atoms with E-state index < -0.39 is 0 Å². The summed E-state index contributed by atoms with van der Waals surface area (Å²) in [6.45, 7) is 2.26. The van der Waals surface area contributed by atoms with E-state index in [0.29, 0.717) is 6.42 Å². The van der Waals surface area contributed by atoms with Gasteiger partial charge in [-0.3, -0.25) is 4.79 Å². The van der Waals surface area contributed by atoms with Crippen molar-refractivity contribution >= 4 is 17.3 Å². The molecule has 0 aliphatic carbocycles. The molecule has 1 aromatic heterocycles. The Morgan fingerprint density at radius 3 is 2.05 bits per heavy atom. The zero-order valence-electron chi connectivity index (χ0n) is 14.4. The van der Waals surface area contributed by atoms with Gasteiger partial charge in [0.2, 0.25) is 0 Å². The molecule has 22 heavy (non-hydrogen) atoms. The molecule has 2 nitrogen and oxygen atoms in total. The number of hydrogen-bond donors (Lipinski definition) is 0. The summed E-state index contributed by atoms with van der Waals surface area (Å²) >= 11 is 2.00. The molecule has 0 radical (unpaired) electrons. The second-order valence-electron chi connectivity index (χ2n) is 6.02. The zero-order chi connectivity index (χ0) is 16.0. The Hall–Kier alpha value is -0.830. The normalized spacial score (nSPS) is 10.8. The Balaban J connectivity index is 2.01. The van der Waals surface area contributed by atoms with Gasteiger partial charge in [-0.1, -0.05) is 45.4 Å². The van der Waals surface area contributed by atoms with E-state index in [0.717, 1.165) is 12.8 Å². The highest BCUT2D eigenvalue weighted by Gasteiger charge is 2.02. The minimum Gasteiger partial charge on any atom is -0.469 e. The van der Waals surface area contributed by atoms with E-state index in [1.165, 1.54) is 64.9 Å². The lowest BCUT2D eigenvalue weighted by molar-refractivity contribution is -0.140. The van der Waals surface area contributed by atoms with Gasteiger partial charge in [-0.25, -0.2) is 0 Å². The number of esters is 1. The molecule has 0 N–H and O–H groups in total. The quantitative estimate of drug-likeness (QED) is 0.332. The molecule has 0 atom stereocenters. The van der Waals surface area contributed by atoms with Crippen LogP contribution in [0.1, 0.15) is 80.9 Å². The van der Waals surface area contributed by atoms with Crippen LogP contribution in [0.5, 0.6) is 0 Å². The van der Waals surface area contributed by atoms with Crippen LogP contribution in [0.25, 0.3) is 0 Å². The van der Waals surface area contributed by atoms with Gasteiger partial charge in [-0.2, -0.15) is 0 Å². The smallest absolute Gasteiger partial charge is 0.305 e. The highest BCUT2D eigenvalue weighted by molar-refractivity contribution is 7.11. The molecule has 0 fully saturated rings. The maximum atomic E-state index is 11.0. The standard InChI is InChI=1S/C19H32O2S/c1-3-4-5-9-12-17-15-16-18(22-17)13-10-7-6-8-11-14-19(20)21-2/h15-16H,3-14H2,1-2H3. The first-order chi connectivity index (χ1) is 10.8. The molecular formula is C19H32O2S. The number of unbranched alkanes of at least 4 members (excludes halogenated alkanes) is 7. The van der Waals surface area contributed by atoms with E-state index >= 15 is 0 Å². The van der Waals surface area contributed by atoms with Gasteiger partial charge >= 0.3 is 5.97 Å². The minimum atomic E-state index is -0.0787. The number of carbonyl (C=O) groups excluding carboxylic acids is 1. The van der Waals surface area contributed by atoms with Gasteiger partial charge in [0.25, 0.3) is 0 Å². The molecule has 0 bridgehead atoms. The molecule has 0 unspecified atom stereocenters. The molecule has 0 aromatic carbocycles. The van der Waals surface area contributed by atoms with Gasteiger partial charge in [0.1, 0.15) is 0 Å². The van der Waals surface area contributed by atoms with Crippen LogP contribution >= 0.6 is 11.3 Å². The molecular weight excluding hydrogens is 292 g/mol. The van der Waals surface area contributed by atoms with Gasteiger partial charge in [0.15, 0.2) is 0 Å². The van der Waals surface area contributed by atoms with E-state index in [4.69, 9.17) is 0 Å². The third-order valence-corrected chi connectivity index (χ3v) is 5.23. The van der Waals surface area contributed by atoms with Gasteiger partial charge in [-0.15, -0.1) is 11.3 Å². The predicted octanol–water partition coefficient (Wildman–Crippen LogP) is 5.93. The van der Waals surface area contributed by atoms with E-state index in [2.05, 4.69) is 23.8 Å². The van der Waals surface area contributed by atoms with Crippen LogP contribution in [-0.2, 0) is 22.4 Å².